The van der Waals surface area contributed by atoms with Crippen molar-refractivity contribution < 1.29 is 5.11 Å². The van der Waals surface area contributed by atoms with Gasteiger partial charge in [-0.2, -0.15) is 0 Å². The lowest BCUT2D eigenvalue weighted by Crippen LogP contribution is -2.46. The molecule has 3 heteroatoms. The van der Waals surface area contributed by atoms with E-state index in [9.17, 15) is 0 Å². The molecule has 0 aromatic heterocycles. The van der Waals surface area contributed by atoms with E-state index < -0.39 is 0 Å². The number of hydrogen-bond acceptors (Lipinski definition) is 3. The van der Waals surface area contributed by atoms with Gasteiger partial charge < -0.3 is 10.4 Å². The summed E-state index contributed by atoms with van der Waals surface area (Å²) in [5, 5.41) is 15.8. The zero-order chi connectivity index (χ0) is 12.4. The molecule has 0 bridgehead atoms. The Morgan fingerprint density at radius 2 is 1.81 bits per heavy atom. The number of hydrogen-bond donors (Lipinski definition) is 3. The predicted octanol–water partition coefficient (Wildman–Crippen LogP) is 2.11. The minimum Gasteiger partial charge on any atom is -0.396 e. The van der Waals surface area contributed by atoms with E-state index >= 15 is 0 Å². The average Bonchev–Trinajstić information content (AvgIpc) is 2.26. The zero-order valence-electron chi connectivity index (χ0n) is 11.4. The summed E-state index contributed by atoms with van der Waals surface area (Å²) in [5.41, 5.74) is 0. The van der Waals surface area contributed by atoms with E-state index in [-0.39, 0.29) is 6.61 Å². The molecule has 0 heterocycles. The van der Waals surface area contributed by atoms with Crippen LogP contribution in [0.25, 0.3) is 0 Å². The molecule has 0 radical (unpaired) electrons. The van der Waals surface area contributed by atoms with E-state index in [2.05, 4.69) is 31.4 Å². The lowest BCUT2D eigenvalue weighted by Gasteiger charge is -2.24. The van der Waals surface area contributed by atoms with Gasteiger partial charge in [-0.05, 0) is 32.2 Å². The van der Waals surface area contributed by atoms with Gasteiger partial charge in [0.05, 0.1) is 6.17 Å². The van der Waals surface area contributed by atoms with Crippen LogP contribution in [0.5, 0.6) is 0 Å². The molecule has 2 atom stereocenters. The number of nitrogens with one attached hydrogen (secondary N) is 2. The van der Waals surface area contributed by atoms with Gasteiger partial charge in [-0.25, -0.2) is 0 Å². The minimum atomic E-state index is 0.272. The highest BCUT2D eigenvalue weighted by Gasteiger charge is 2.11. The Balaban J connectivity index is 3.79. The van der Waals surface area contributed by atoms with Crippen LogP contribution < -0.4 is 10.6 Å². The van der Waals surface area contributed by atoms with Gasteiger partial charge in [-0.15, -0.1) is 0 Å². The molecule has 0 aliphatic carbocycles. The smallest absolute Gasteiger partial charge is 0.0571 e. The van der Waals surface area contributed by atoms with E-state index in [1.165, 1.54) is 12.8 Å². The highest BCUT2D eigenvalue weighted by Crippen LogP contribution is 2.08. The Kier molecular flexibility index (Phi) is 9.99. The normalized spacial score (nSPS) is 15.4. The first-order chi connectivity index (χ1) is 7.63. The van der Waals surface area contributed by atoms with Crippen molar-refractivity contribution in [2.75, 3.05) is 13.7 Å². The molecule has 2 unspecified atom stereocenters. The third kappa shape index (κ3) is 8.08. The molecule has 0 aliphatic heterocycles. The zero-order valence-corrected chi connectivity index (χ0v) is 11.4. The average molecular weight is 230 g/mol. The van der Waals surface area contributed by atoms with Crippen molar-refractivity contribution in [1.82, 2.24) is 10.6 Å². The maximum atomic E-state index is 8.94. The standard InChI is InChI=1S/C13H30N2O/c1-5-12(9-10-16)15-13(14-4)8-6-7-11(2)3/h11-16H,5-10H2,1-4H3. The molecule has 0 amide bonds. The van der Waals surface area contributed by atoms with Crippen LogP contribution in [0.3, 0.4) is 0 Å². The van der Waals surface area contributed by atoms with Crippen LogP contribution in [0.15, 0.2) is 0 Å². The monoisotopic (exact) mass is 230 g/mol. The molecule has 98 valence electrons. The fourth-order valence-electron chi connectivity index (χ4n) is 1.89. The Morgan fingerprint density at radius 1 is 1.12 bits per heavy atom. The van der Waals surface area contributed by atoms with Crippen molar-refractivity contribution in [3.05, 3.63) is 0 Å². The molecule has 0 saturated carbocycles. The molecule has 0 aliphatic rings. The topological polar surface area (TPSA) is 44.3 Å². The Hall–Kier alpha value is -0.120. The summed E-state index contributed by atoms with van der Waals surface area (Å²) in [4.78, 5) is 0. The summed E-state index contributed by atoms with van der Waals surface area (Å²) >= 11 is 0. The van der Waals surface area contributed by atoms with Gasteiger partial charge in [-0.1, -0.05) is 33.6 Å². The highest BCUT2D eigenvalue weighted by molar-refractivity contribution is 4.71. The molecule has 0 rings (SSSR count). The molecule has 0 spiro atoms. The van der Waals surface area contributed by atoms with Crippen LogP contribution in [0, 0.1) is 5.92 Å². The first-order valence-corrected chi connectivity index (χ1v) is 6.68. The Labute approximate surface area is 101 Å². The summed E-state index contributed by atoms with van der Waals surface area (Å²) in [6, 6.07) is 0.432. The van der Waals surface area contributed by atoms with Crippen molar-refractivity contribution in [3.8, 4) is 0 Å². The fraction of sp³-hybridized carbons (Fsp3) is 1.00. The van der Waals surface area contributed by atoms with Gasteiger partial charge >= 0.3 is 0 Å². The Morgan fingerprint density at radius 3 is 2.25 bits per heavy atom. The van der Waals surface area contributed by atoms with Gasteiger partial charge in [-0.3, -0.25) is 5.32 Å². The van der Waals surface area contributed by atoms with E-state index in [1.54, 1.807) is 0 Å². The van der Waals surface area contributed by atoms with Gasteiger partial charge in [0, 0.05) is 12.6 Å². The third-order valence-corrected chi connectivity index (χ3v) is 3.03. The Bertz CT molecular complexity index is 151. The lowest BCUT2D eigenvalue weighted by atomic mass is 10.0. The molecule has 0 aromatic rings. The van der Waals surface area contributed by atoms with E-state index in [1.807, 2.05) is 7.05 Å². The maximum absolute atomic E-state index is 8.94. The van der Waals surface area contributed by atoms with Crippen molar-refractivity contribution in [2.45, 2.75) is 65.1 Å². The fourth-order valence-corrected chi connectivity index (χ4v) is 1.89. The molecule has 0 aromatic carbocycles. The number of aliphatic hydroxyl groups excluding tert-OH is 1. The van der Waals surface area contributed by atoms with Crippen molar-refractivity contribution in [1.29, 1.82) is 0 Å². The molecule has 0 fully saturated rings. The van der Waals surface area contributed by atoms with Crippen LogP contribution in [0.4, 0.5) is 0 Å². The summed E-state index contributed by atoms with van der Waals surface area (Å²) in [5.74, 6) is 0.789. The molecule has 16 heavy (non-hydrogen) atoms. The summed E-state index contributed by atoms with van der Waals surface area (Å²) in [6.07, 6.45) is 6.01. The van der Waals surface area contributed by atoms with Crippen LogP contribution in [-0.2, 0) is 0 Å². The third-order valence-electron chi connectivity index (χ3n) is 3.03. The highest BCUT2D eigenvalue weighted by atomic mass is 16.3. The second kappa shape index (κ2) is 10.1. The van der Waals surface area contributed by atoms with Gasteiger partial charge in [0.15, 0.2) is 0 Å². The van der Waals surface area contributed by atoms with Gasteiger partial charge in [0.25, 0.3) is 0 Å². The minimum absolute atomic E-state index is 0.272. The first-order valence-electron chi connectivity index (χ1n) is 6.68. The lowest BCUT2D eigenvalue weighted by molar-refractivity contribution is 0.247. The molecule has 0 saturated heterocycles. The quantitative estimate of drug-likeness (QED) is 0.504. The van der Waals surface area contributed by atoms with Crippen molar-refractivity contribution in [2.24, 2.45) is 5.92 Å². The van der Waals surface area contributed by atoms with Crippen LogP contribution in [0.1, 0.15) is 52.9 Å². The number of rotatable bonds is 10. The van der Waals surface area contributed by atoms with Crippen molar-refractivity contribution in [3.63, 3.8) is 0 Å². The van der Waals surface area contributed by atoms with Crippen LogP contribution in [0.2, 0.25) is 0 Å². The SMILES string of the molecule is CCC(CCO)NC(CCCC(C)C)NC. The van der Waals surface area contributed by atoms with E-state index in [0.717, 1.165) is 25.2 Å². The van der Waals surface area contributed by atoms with E-state index in [4.69, 9.17) is 5.11 Å². The second-order valence-corrected chi connectivity index (χ2v) is 4.95. The largest absolute Gasteiger partial charge is 0.396 e. The summed E-state index contributed by atoms with van der Waals surface area (Å²) < 4.78 is 0. The summed E-state index contributed by atoms with van der Waals surface area (Å²) in [7, 11) is 2.00. The maximum Gasteiger partial charge on any atom is 0.0571 e. The molecule has 3 nitrogen and oxygen atoms in total. The number of aliphatic hydroxyl groups is 1. The van der Waals surface area contributed by atoms with Crippen molar-refractivity contribution >= 4 is 0 Å². The van der Waals surface area contributed by atoms with Crippen LogP contribution in [-0.4, -0.2) is 31.0 Å². The molecular formula is C13H30N2O. The first kappa shape index (κ1) is 15.9. The predicted molar refractivity (Wildman–Crippen MR) is 70.5 cm³/mol. The van der Waals surface area contributed by atoms with Gasteiger partial charge in [0.1, 0.15) is 0 Å². The van der Waals surface area contributed by atoms with Gasteiger partial charge in [0.2, 0.25) is 0 Å². The summed E-state index contributed by atoms with van der Waals surface area (Å²) in [6.45, 7) is 6.97. The van der Waals surface area contributed by atoms with E-state index in [0.29, 0.717) is 12.2 Å². The molecular weight excluding hydrogens is 200 g/mol. The second-order valence-electron chi connectivity index (χ2n) is 4.95. The molecule has 3 N–H and O–H groups in total. The van der Waals surface area contributed by atoms with Crippen LogP contribution >= 0.6 is 0 Å².